The van der Waals surface area contributed by atoms with Crippen LogP contribution in [0.1, 0.15) is 18.1 Å². The minimum atomic E-state index is -0.271. The summed E-state index contributed by atoms with van der Waals surface area (Å²) in [6, 6.07) is 10.4. The van der Waals surface area contributed by atoms with Gasteiger partial charge in [-0.3, -0.25) is 9.98 Å². The number of hydrogen-bond acceptors (Lipinski definition) is 4. The van der Waals surface area contributed by atoms with Gasteiger partial charge in [0.1, 0.15) is 17.4 Å². The molecule has 33 heavy (non-hydrogen) atoms. The molecule has 1 heterocycles. The molecule has 2 N–H and O–H groups in total. The van der Waals surface area contributed by atoms with Gasteiger partial charge in [-0.1, -0.05) is 24.8 Å². The summed E-state index contributed by atoms with van der Waals surface area (Å²) in [7, 11) is 3.85. The number of likely N-dealkylation sites (tertiary alicyclic amines) is 1. The third-order valence-corrected chi connectivity index (χ3v) is 5.79. The van der Waals surface area contributed by atoms with Gasteiger partial charge in [0.05, 0.1) is 13.2 Å². The van der Waals surface area contributed by atoms with Crippen LogP contribution in [0, 0.1) is 18.7 Å². The average Bonchev–Trinajstić information content (AvgIpc) is 2.79. The Balaban J connectivity index is 1.88. The van der Waals surface area contributed by atoms with Gasteiger partial charge in [-0.25, -0.2) is 4.39 Å². The summed E-state index contributed by atoms with van der Waals surface area (Å²) < 4.78 is 19.7. The lowest BCUT2D eigenvalue weighted by Gasteiger charge is -2.36. The van der Waals surface area contributed by atoms with Crippen molar-refractivity contribution in [3.8, 4) is 16.9 Å². The molecule has 0 radical (unpaired) electrons. The quantitative estimate of drug-likeness (QED) is 0.345. The first-order valence-corrected chi connectivity index (χ1v) is 11.1. The van der Waals surface area contributed by atoms with E-state index in [1.807, 2.05) is 38.1 Å². The summed E-state index contributed by atoms with van der Waals surface area (Å²) in [4.78, 5) is 10.9. The molecule has 1 aliphatic heterocycles. The Hall–Kier alpha value is -3.25. The van der Waals surface area contributed by atoms with Crippen molar-refractivity contribution in [1.29, 1.82) is 0 Å². The number of allylic oxidation sites excluding steroid dienone is 1. The SMILES string of the molecule is C=C(/C=C\C(C)=NC)CN=C(N)c1cc(-c2ccc(F)cc2)cc(OCC2CN(C)C2)c1C. The van der Waals surface area contributed by atoms with Crippen LogP contribution in [0.4, 0.5) is 4.39 Å². The van der Waals surface area contributed by atoms with Gasteiger partial charge in [-0.05, 0) is 67.9 Å². The van der Waals surface area contributed by atoms with Gasteiger partial charge in [0.15, 0.2) is 0 Å². The molecule has 0 bridgehead atoms. The van der Waals surface area contributed by atoms with Gasteiger partial charge >= 0.3 is 0 Å². The zero-order chi connectivity index (χ0) is 24.0. The van der Waals surface area contributed by atoms with Crippen LogP contribution in [0.2, 0.25) is 0 Å². The summed E-state index contributed by atoms with van der Waals surface area (Å²) in [6.45, 7) is 11.0. The first kappa shape index (κ1) is 24.4. The monoisotopic (exact) mass is 448 g/mol. The van der Waals surface area contributed by atoms with Gasteiger partial charge in [0.25, 0.3) is 0 Å². The number of hydrogen-bond donors (Lipinski definition) is 1. The molecule has 0 aromatic heterocycles. The van der Waals surface area contributed by atoms with E-state index in [0.717, 1.165) is 52.4 Å². The molecule has 174 valence electrons. The van der Waals surface area contributed by atoms with Crippen LogP contribution in [0.5, 0.6) is 5.75 Å². The summed E-state index contributed by atoms with van der Waals surface area (Å²) in [6.07, 6.45) is 3.80. The second-order valence-electron chi connectivity index (χ2n) is 8.61. The van der Waals surface area contributed by atoms with Crippen molar-refractivity contribution < 1.29 is 9.13 Å². The van der Waals surface area contributed by atoms with Crippen molar-refractivity contribution in [2.75, 3.05) is 40.3 Å². The fourth-order valence-electron chi connectivity index (χ4n) is 3.69. The highest BCUT2D eigenvalue weighted by Crippen LogP contribution is 2.31. The summed E-state index contributed by atoms with van der Waals surface area (Å²) in [5.41, 5.74) is 11.7. The predicted molar refractivity (Wildman–Crippen MR) is 136 cm³/mol. The largest absolute Gasteiger partial charge is 0.493 e. The van der Waals surface area contributed by atoms with Gasteiger partial charge in [0, 0.05) is 42.9 Å². The van der Waals surface area contributed by atoms with Crippen LogP contribution in [-0.2, 0) is 0 Å². The molecule has 0 atom stereocenters. The highest BCUT2D eigenvalue weighted by atomic mass is 19.1. The highest BCUT2D eigenvalue weighted by Gasteiger charge is 2.24. The molecule has 5 nitrogen and oxygen atoms in total. The van der Waals surface area contributed by atoms with Crippen molar-refractivity contribution in [1.82, 2.24) is 4.90 Å². The van der Waals surface area contributed by atoms with Crippen LogP contribution >= 0.6 is 0 Å². The summed E-state index contributed by atoms with van der Waals surface area (Å²) in [5.74, 6) is 1.43. The highest BCUT2D eigenvalue weighted by molar-refractivity contribution is 6.00. The maximum Gasteiger partial charge on any atom is 0.126 e. The van der Waals surface area contributed by atoms with Crippen molar-refractivity contribution in [3.63, 3.8) is 0 Å². The lowest BCUT2D eigenvalue weighted by molar-refractivity contribution is 0.0855. The summed E-state index contributed by atoms with van der Waals surface area (Å²) >= 11 is 0. The molecule has 0 unspecified atom stereocenters. The van der Waals surface area contributed by atoms with Crippen LogP contribution in [0.3, 0.4) is 0 Å². The molecular formula is C27H33FN4O. The van der Waals surface area contributed by atoms with E-state index in [4.69, 9.17) is 10.5 Å². The first-order chi connectivity index (χ1) is 15.8. The standard InChI is InChI=1S/C27H33FN4O/c1-18(6-7-19(2)30-4)14-31-27(29)25-12-23(22-8-10-24(28)11-9-22)13-26(20(25)3)33-17-21-15-32(5)16-21/h6-13,21H,1,14-17H2,2-5H3,(H2,29,31)/b7-6-,30-19?. The molecule has 2 aromatic rings. The Kier molecular flexibility index (Phi) is 8.17. The topological polar surface area (TPSA) is 63.2 Å². The second-order valence-corrected chi connectivity index (χ2v) is 8.61. The van der Waals surface area contributed by atoms with Crippen molar-refractivity contribution in [2.24, 2.45) is 21.6 Å². The molecular weight excluding hydrogens is 415 g/mol. The molecule has 0 aliphatic carbocycles. The Bertz CT molecular complexity index is 1080. The molecule has 1 saturated heterocycles. The molecule has 6 heteroatoms. The normalized spacial score (nSPS) is 15.7. The number of halogens is 1. The van der Waals surface area contributed by atoms with E-state index >= 15 is 0 Å². The fourth-order valence-corrected chi connectivity index (χ4v) is 3.69. The lowest BCUT2D eigenvalue weighted by Crippen LogP contribution is -2.46. The number of amidine groups is 1. The van der Waals surface area contributed by atoms with Gasteiger partial charge < -0.3 is 15.4 Å². The molecule has 3 rings (SSSR count). The number of benzene rings is 2. The molecule has 0 saturated carbocycles. The predicted octanol–water partition coefficient (Wildman–Crippen LogP) is 4.65. The fraction of sp³-hybridized carbons (Fsp3) is 0.333. The third-order valence-electron chi connectivity index (χ3n) is 5.79. The van der Waals surface area contributed by atoms with E-state index in [1.54, 1.807) is 19.2 Å². The minimum Gasteiger partial charge on any atom is -0.493 e. The zero-order valence-electron chi connectivity index (χ0n) is 19.9. The van der Waals surface area contributed by atoms with E-state index in [0.29, 0.717) is 24.9 Å². The minimum absolute atomic E-state index is 0.271. The molecule has 0 spiro atoms. The smallest absolute Gasteiger partial charge is 0.126 e. The van der Waals surface area contributed by atoms with E-state index in [9.17, 15) is 4.39 Å². The van der Waals surface area contributed by atoms with Crippen molar-refractivity contribution >= 4 is 11.5 Å². The Morgan fingerprint density at radius 1 is 1.21 bits per heavy atom. The van der Waals surface area contributed by atoms with Crippen LogP contribution in [-0.4, -0.2) is 56.8 Å². The van der Waals surface area contributed by atoms with Gasteiger partial charge in [0.2, 0.25) is 0 Å². The van der Waals surface area contributed by atoms with Crippen LogP contribution in [0.25, 0.3) is 11.1 Å². The average molecular weight is 449 g/mol. The third kappa shape index (κ3) is 6.62. The van der Waals surface area contributed by atoms with Crippen LogP contribution in [0.15, 0.2) is 70.7 Å². The van der Waals surface area contributed by atoms with Crippen molar-refractivity contribution in [2.45, 2.75) is 13.8 Å². The first-order valence-electron chi connectivity index (χ1n) is 11.1. The molecule has 1 fully saturated rings. The zero-order valence-corrected chi connectivity index (χ0v) is 19.9. The number of rotatable bonds is 9. The van der Waals surface area contributed by atoms with Crippen LogP contribution < -0.4 is 10.5 Å². The van der Waals surface area contributed by atoms with Gasteiger partial charge in [-0.2, -0.15) is 0 Å². The Labute approximate surface area is 196 Å². The number of aliphatic imine (C=N–C) groups is 2. The number of nitrogens with two attached hydrogens (primary N) is 1. The maximum absolute atomic E-state index is 13.5. The maximum atomic E-state index is 13.5. The summed E-state index contributed by atoms with van der Waals surface area (Å²) in [5, 5.41) is 0. The van der Waals surface area contributed by atoms with E-state index < -0.39 is 0 Å². The molecule has 1 aliphatic rings. The van der Waals surface area contributed by atoms with Crippen molar-refractivity contribution in [3.05, 3.63) is 77.6 Å². The molecule has 2 aromatic carbocycles. The lowest BCUT2D eigenvalue weighted by atomic mass is 9.97. The van der Waals surface area contributed by atoms with E-state index in [1.165, 1.54) is 12.1 Å². The number of nitrogens with zero attached hydrogens (tertiary/aromatic N) is 3. The van der Waals surface area contributed by atoms with E-state index in [-0.39, 0.29) is 5.82 Å². The number of ether oxygens (including phenoxy) is 1. The molecule has 0 amide bonds. The Morgan fingerprint density at radius 3 is 2.55 bits per heavy atom. The second kappa shape index (κ2) is 11.1. The van der Waals surface area contributed by atoms with Gasteiger partial charge in [-0.15, -0.1) is 0 Å². The van der Waals surface area contributed by atoms with E-state index in [2.05, 4.69) is 28.5 Å². The Morgan fingerprint density at radius 2 is 1.91 bits per heavy atom.